The first-order chi connectivity index (χ1) is 10.9. The van der Waals surface area contributed by atoms with E-state index in [0.717, 1.165) is 36.8 Å². The Kier molecular flexibility index (Phi) is 8.53. The van der Waals surface area contributed by atoms with Crippen LogP contribution in [-0.4, -0.2) is 5.11 Å². The highest BCUT2D eigenvalue weighted by Gasteiger charge is 2.07. The van der Waals surface area contributed by atoms with Gasteiger partial charge in [-0.2, -0.15) is 0 Å². The van der Waals surface area contributed by atoms with Gasteiger partial charge in [0.1, 0.15) is 5.75 Å². The van der Waals surface area contributed by atoms with Crippen LogP contribution in [0.3, 0.4) is 0 Å². The Bertz CT molecular complexity index is 528. The molecule has 0 radical (unpaired) electrons. The lowest BCUT2D eigenvalue weighted by Crippen LogP contribution is -1.97. The molecule has 0 heterocycles. The van der Waals surface area contributed by atoms with E-state index < -0.39 is 0 Å². The van der Waals surface area contributed by atoms with Gasteiger partial charge in [-0.15, -0.1) is 0 Å². The standard InChI is InChI=1S/C21H33NO/c1-5-6-7-11-18-14-20(22)19(21(23)15-18)13-12-17(4)10-8-9-16(2)3/h9,12,14-15,23H,5-8,10-11,13,22H2,1-4H3/b17-12+. The first-order valence-electron chi connectivity index (χ1n) is 8.83. The maximum atomic E-state index is 10.3. The van der Waals surface area contributed by atoms with Gasteiger partial charge in [-0.3, -0.25) is 0 Å². The summed E-state index contributed by atoms with van der Waals surface area (Å²) in [6.07, 6.45) is 11.8. The third-order valence-corrected chi connectivity index (χ3v) is 4.14. The monoisotopic (exact) mass is 315 g/mol. The summed E-state index contributed by atoms with van der Waals surface area (Å²) in [4.78, 5) is 0. The summed E-state index contributed by atoms with van der Waals surface area (Å²) < 4.78 is 0. The quantitative estimate of drug-likeness (QED) is 0.336. The summed E-state index contributed by atoms with van der Waals surface area (Å²) in [6, 6.07) is 3.91. The number of hydrogen-bond acceptors (Lipinski definition) is 2. The van der Waals surface area contributed by atoms with E-state index in [9.17, 15) is 5.11 Å². The summed E-state index contributed by atoms with van der Waals surface area (Å²) in [6.45, 7) is 8.59. The van der Waals surface area contributed by atoms with Crippen molar-refractivity contribution in [1.82, 2.24) is 0 Å². The predicted molar refractivity (Wildman–Crippen MR) is 102 cm³/mol. The molecule has 0 aliphatic carbocycles. The van der Waals surface area contributed by atoms with Crippen molar-refractivity contribution in [3.05, 3.63) is 46.6 Å². The van der Waals surface area contributed by atoms with Gasteiger partial charge in [-0.05, 0) is 70.6 Å². The number of phenols is 1. The van der Waals surface area contributed by atoms with Crippen LogP contribution >= 0.6 is 0 Å². The van der Waals surface area contributed by atoms with Gasteiger partial charge >= 0.3 is 0 Å². The number of allylic oxidation sites excluding steroid dienone is 4. The second-order valence-corrected chi connectivity index (χ2v) is 6.71. The van der Waals surface area contributed by atoms with Crippen LogP contribution < -0.4 is 5.73 Å². The van der Waals surface area contributed by atoms with Gasteiger partial charge in [-0.25, -0.2) is 0 Å². The summed E-state index contributed by atoms with van der Waals surface area (Å²) in [7, 11) is 0. The van der Waals surface area contributed by atoms with Crippen molar-refractivity contribution in [2.45, 2.75) is 72.6 Å². The summed E-state index contributed by atoms with van der Waals surface area (Å²) >= 11 is 0. The maximum Gasteiger partial charge on any atom is 0.121 e. The van der Waals surface area contributed by atoms with E-state index in [1.165, 1.54) is 24.0 Å². The topological polar surface area (TPSA) is 46.2 Å². The van der Waals surface area contributed by atoms with Gasteiger partial charge in [0.05, 0.1) is 0 Å². The van der Waals surface area contributed by atoms with Crippen LogP contribution in [0.2, 0.25) is 0 Å². The SMILES string of the molecule is CCCCCc1cc(N)c(C/C=C(\C)CCC=C(C)C)c(O)c1. The number of rotatable bonds is 9. The highest BCUT2D eigenvalue weighted by Crippen LogP contribution is 2.28. The molecule has 0 aliphatic heterocycles. The highest BCUT2D eigenvalue weighted by atomic mass is 16.3. The fraction of sp³-hybridized carbons (Fsp3) is 0.524. The number of aryl methyl sites for hydroxylation is 1. The largest absolute Gasteiger partial charge is 0.508 e. The number of hydrogen-bond donors (Lipinski definition) is 2. The van der Waals surface area contributed by atoms with Gasteiger partial charge in [0.25, 0.3) is 0 Å². The van der Waals surface area contributed by atoms with Gasteiger partial charge < -0.3 is 10.8 Å². The van der Waals surface area contributed by atoms with Crippen molar-refractivity contribution in [1.29, 1.82) is 0 Å². The molecule has 0 aliphatic rings. The molecule has 2 heteroatoms. The second kappa shape index (κ2) is 10.1. The van der Waals surface area contributed by atoms with E-state index in [1.54, 1.807) is 0 Å². The van der Waals surface area contributed by atoms with E-state index in [4.69, 9.17) is 5.73 Å². The molecule has 1 aromatic rings. The highest BCUT2D eigenvalue weighted by molar-refractivity contribution is 5.57. The van der Waals surface area contributed by atoms with Crippen molar-refractivity contribution >= 4 is 5.69 Å². The van der Waals surface area contributed by atoms with Crippen LogP contribution in [0.25, 0.3) is 0 Å². The molecule has 0 amide bonds. The molecule has 128 valence electrons. The van der Waals surface area contributed by atoms with Gasteiger partial charge in [0, 0.05) is 11.3 Å². The van der Waals surface area contributed by atoms with E-state index in [1.807, 2.05) is 12.1 Å². The van der Waals surface area contributed by atoms with Crippen molar-refractivity contribution in [2.24, 2.45) is 0 Å². The summed E-state index contributed by atoms with van der Waals surface area (Å²) in [5.74, 6) is 0.338. The zero-order chi connectivity index (χ0) is 17.2. The minimum absolute atomic E-state index is 0.338. The number of nitrogen functional groups attached to an aromatic ring is 1. The number of aromatic hydroxyl groups is 1. The Labute approximate surface area is 142 Å². The van der Waals surface area contributed by atoms with Crippen LogP contribution in [0.5, 0.6) is 5.75 Å². The lowest BCUT2D eigenvalue weighted by molar-refractivity contribution is 0.469. The predicted octanol–water partition coefficient (Wildman–Crippen LogP) is 5.94. The van der Waals surface area contributed by atoms with Crippen molar-refractivity contribution in [2.75, 3.05) is 5.73 Å². The number of unbranched alkanes of at least 4 members (excludes halogenated alkanes) is 2. The third-order valence-electron chi connectivity index (χ3n) is 4.14. The van der Waals surface area contributed by atoms with Gasteiger partial charge in [0.2, 0.25) is 0 Å². The molecule has 1 aromatic carbocycles. The average Bonchev–Trinajstić information content (AvgIpc) is 2.46. The Balaban J connectivity index is 2.67. The number of benzene rings is 1. The first kappa shape index (κ1) is 19.3. The average molecular weight is 316 g/mol. The van der Waals surface area contributed by atoms with Crippen LogP contribution in [0.1, 0.15) is 70.9 Å². The maximum absolute atomic E-state index is 10.3. The molecule has 23 heavy (non-hydrogen) atoms. The molecule has 0 spiro atoms. The zero-order valence-electron chi connectivity index (χ0n) is 15.3. The molecule has 0 saturated carbocycles. The molecule has 3 N–H and O–H groups in total. The fourth-order valence-electron chi connectivity index (χ4n) is 2.65. The minimum Gasteiger partial charge on any atom is -0.508 e. The van der Waals surface area contributed by atoms with E-state index in [2.05, 4.69) is 39.8 Å². The molecule has 0 saturated heterocycles. The number of nitrogens with two attached hydrogens (primary N) is 1. The lowest BCUT2D eigenvalue weighted by atomic mass is 9.99. The summed E-state index contributed by atoms with van der Waals surface area (Å²) in [5, 5.41) is 10.3. The Morgan fingerprint density at radius 3 is 2.48 bits per heavy atom. The minimum atomic E-state index is 0.338. The van der Waals surface area contributed by atoms with Crippen LogP contribution in [-0.2, 0) is 12.8 Å². The molecule has 1 rings (SSSR count). The molecule has 0 aromatic heterocycles. The Hall–Kier alpha value is -1.70. The fourth-order valence-corrected chi connectivity index (χ4v) is 2.65. The van der Waals surface area contributed by atoms with Crippen molar-refractivity contribution in [3.63, 3.8) is 0 Å². The molecule has 0 unspecified atom stereocenters. The Morgan fingerprint density at radius 1 is 1.13 bits per heavy atom. The van der Waals surface area contributed by atoms with Crippen molar-refractivity contribution < 1.29 is 5.11 Å². The van der Waals surface area contributed by atoms with Gasteiger partial charge in [0.15, 0.2) is 0 Å². The van der Waals surface area contributed by atoms with E-state index >= 15 is 0 Å². The van der Waals surface area contributed by atoms with Crippen molar-refractivity contribution in [3.8, 4) is 5.75 Å². The van der Waals surface area contributed by atoms with Crippen LogP contribution in [0, 0.1) is 0 Å². The normalized spacial score (nSPS) is 11.6. The first-order valence-corrected chi connectivity index (χ1v) is 8.83. The molecular weight excluding hydrogens is 282 g/mol. The lowest BCUT2D eigenvalue weighted by Gasteiger charge is -2.10. The molecular formula is C21H33NO. The third kappa shape index (κ3) is 7.40. The molecule has 0 bridgehead atoms. The number of phenolic OH excluding ortho intramolecular Hbond substituents is 1. The van der Waals surface area contributed by atoms with Gasteiger partial charge in [-0.1, -0.05) is 43.1 Å². The number of anilines is 1. The smallest absolute Gasteiger partial charge is 0.121 e. The van der Waals surface area contributed by atoms with Crippen LogP contribution in [0.4, 0.5) is 5.69 Å². The van der Waals surface area contributed by atoms with Crippen LogP contribution in [0.15, 0.2) is 35.4 Å². The Morgan fingerprint density at radius 2 is 1.87 bits per heavy atom. The molecule has 2 nitrogen and oxygen atoms in total. The molecule has 0 fully saturated rings. The zero-order valence-corrected chi connectivity index (χ0v) is 15.3. The van der Waals surface area contributed by atoms with E-state index in [-0.39, 0.29) is 0 Å². The molecule has 0 atom stereocenters. The van der Waals surface area contributed by atoms with E-state index in [0.29, 0.717) is 17.9 Å². The second-order valence-electron chi connectivity index (χ2n) is 6.71. The summed E-state index contributed by atoms with van der Waals surface area (Å²) in [5.41, 5.74) is 11.6.